The Morgan fingerprint density at radius 1 is 1.20 bits per heavy atom. The van der Waals surface area contributed by atoms with Crippen molar-refractivity contribution in [3.05, 3.63) is 58.1 Å². The summed E-state index contributed by atoms with van der Waals surface area (Å²) in [5.74, 6) is 0.832. The summed E-state index contributed by atoms with van der Waals surface area (Å²) < 4.78 is 6.19. The number of hydrogen-bond donors (Lipinski definition) is 2. The number of halogens is 1. The summed E-state index contributed by atoms with van der Waals surface area (Å²) in [6.45, 7) is 0. The summed E-state index contributed by atoms with van der Waals surface area (Å²) in [6.07, 6.45) is 0.920. The third-order valence-corrected chi connectivity index (χ3v) is 4.37. The van der Waals surface area contributed by atoms with Crippen molar-refractivity contribution >= 4 is 21.6 Å². The Morgan fingerprint density at radius 3 is 2.65 bits per heavy atom. The number of benzene rings is 2. The molecule has 0 saturated heterocycles. The molecule has 2 aromatic rings. The van der Waals surface area contributed by atoms with Crippen molar-refractivity contribution < 1.29 is 4.74 Å². The second-order valence-electron chi connectivity index (χ2n) is 5.02. The molecule has 0 spiro atoms. The molecule has 1 aliphatic rings. The number of hydrogen-bond acceptors (Lipinski definition) is 3. The van der Waals surface area contributed by atoms with Gasteiger partial charge in [-0.25, -0.2) is 0 Å². The Kier molecular flexibility index (Phi) is 3.68. The van der Waals surface area contributed by atoms with Gasteiger partial charge in [0.05, 0.1) is 17.6 Å². The molecule has 0 radical (unpaired) electrons. The van der Waals surface area contributed by atoms with Crippen molar-refractivity contribution in [1.82, 2.24) is 0 Å². The topological polar surface area (TPSA) is 47.3 Å². The van der Waals surface area contributed by atoms with E-state index in [2.05, 4.69) is 39.4 Å². The zero-order valence-corrected chi connectivity index (χ0v) is 12.9. The predicted octanol–water partition coefficient (Wildman–Crippen LogP) is 4.01. The van der Waals surface area contributed by atoms with Gasteiger partial charge in [-0.3, -0.25) is 0 Å². The number of rotatable bonds is 3. The number of ether oxygens (including phenoxy) is 1. The molecule has 0 aliphatic heterocycles. The van der Waals surface area contributed by atoms with Gasteiger partial charge in [-0.05, 0) is 51.7 Å². The van der Waals surface area contributed by atoms with E-state index in [9.17, 15) is 0 Å². The Labute approximate surface area is 127 Å². The second kappa shape index (κ2) is 5.46. The second-order valence-corrected chi connectivity index (χ2v) is 5.87. The largest absolute Gasteiger partial charge is 0.496 e. The maximum absolute atomic E-state index is 6.20. The highest BCUT2D eigenvalue weighted by Crippen LogP contribution is 2.39. The zero-order valence-electron chi connectivity index (χ0n) is 11.3. The Balaban J connectivity index is 1.84. The van der Waals surface area contributed by atoms with Gasteiger partial charge in [0.15, 0.2) is 0 Å². The minimum atomic E-state index is 0.116. The van der Waals surface area contributed by atoms with E-state index in [1.54, 1.807) is 7.11 Å². The molecule has 0 amide bonds. The van der Waals surface area contributed by atoms with E-state index in [0.29, 0.717) is 0 Å². The summed E-state index contributed by atoms with van der Waals surface area (Å²) in [4.78, 5) is 0. The zero-order chi connectivity index (χ0) is 14.1. The van der Waals surface area contributed by atoms with Crippen molar-refractivity contribution in [2.45, 2.75) is 18.5 Å². The van der Waals surface area contributed by atoms with E-state index >= 15 is 0 Å². The van der Waals surface area contributed by atoms with Crippen LogP contribution in [-0.2, 0) is 0 Å². The maximum Gasteiger partial charge on any atom is 0.133 e. The number of fused-ring (bicyclic) bond motifs is 1. The van der Waals surface area contributed by atoms with Crippen molar-refractivity contribution in [3.8, 4) is 5.75 Å². The number of methoxy groups -OCH3 is 1. The monoisotopic (exact) mass is 332 g/mol. The van der Waals surface area contributed by atoms with Gasteiger partial charge in [0.2, 0.25) is 0 Å². The Morgan fingerprint density at radius 2 is 1.95 bits per heavy atom. The third kappa shape index (κ3) is 2.41. The van der Waals surface area contributed by atoms with Crippen LogP contribution in [0.15, 0.2) is 46.9 Å². The Bertz CT molecular complexity index is 630. The lowest BCUT2D eigenvalue weighted by atomic mass is 10.1. The minimum Gasteiger partial charge on any atom is -0.496 e. The first-order valence-corrected chi connectivity index (χ1v) is 7.43. The maximum atomic E-state index is 6.20. The van der Waals surface area contributed by atoms with Crippen molar-refractivity contribution in [1.29, 1.82) is 0 Å². The van der Waals surface area contributed by atoms with Crippen LogP contribution in [0.25, 0.3) is 0 Å². The van der Waals surface area contributed by atoms with Crippen LogP contribution in [0.4, 0.5) is 5.69 Å². The van der Waals surface area contributed by atoms with Gasteiger partial charge >= 0.3 is 0 Å². The summed E-state index contributed by atoms with van der Waals surface area (Å²) in [7, 11) is 1.67. The van der Waals surface area contributed by atoms with E-state index in [1.807, 2.05) is 24.3 Å². The number of nitrogens with two attached hydrogens (primary N) is 1. The SMILES string of the molecule is COc1ccc(NC2CC(N)c3ccccc32)cc1Br. The molecule has 0 aromatic heterocycles. The highest BCUT2D eigenvalue weighted by atomic mass is 79.9. The normalized spacial score (nSPS) is 20.6. The summed E-state index contributed by atoms with van der Waals surface area (Å²) in [5, 5.41) is 3.55. The van der Waals surface area contributed by atoms with Gasteiger partial charge in [-0.1, -0.05) is 24.3 Å². The molecule has 3 rings (SSSR count). The molecule has 3 N–H and O–H groups in total. The lowest BCUT2D eigenvalue weighted by Crippen LogP contribution is -2.10. The lowest BCUT2D eigenvalue weighted by Gasteiger charge is -2.16. The first kappa shape index (κ1) is 13.5. The average molecular weight is 333 g/mol. The van der Waals surface area contributed by atoms with Crippen LogP contribution in [0.3, 0.4) is 0 Å². The smallest absolute Gasteiger partial charge is 0.133 e. The van der Waals surface area contributed by atoms with Crippen LogP contribution < -0.4 is 15.8 Å². The first-order chi connectivity index (χ1) is 9.69. The average Bonchev–Trinajstić information content (AvgIpc) is 2.76. The molecule has 3 nitrogen and oxygen atoms in total. The van der Waals surface area contributed by atoms with Crippen LogP contribution in [0.5, 0.6) is 5.75 Å². The molecule has 104 valence electrons. The molecule has 0 fully saturated rings. The fourth-order valence-electron chi connectivity index (χ4n) is 2.77. The summed E-state index contributed by atoms with van der Waals surface area (Å²) in [6, 6.07) is 14.8. The molecule has 0 saturated carbocycles. The van der Waals surface area contributed by atoms with E-state index in [-0.39, 0.29) is 12.1 Å². The molecule has 0 bridgehead atoms. The molecular formula is C16H17BrN2O. The van der Waals surface area contributed by atoms with Gasteiger partial charge in [-0.2, -0.15) is 0 Å². The van der Waals surface area contributed by atoms with Crippen molar-refractivity contribution in [2.75, 3.05) is 12.4 Å². The van der Waals surface area contributed by atoms with Crippen LogP contribution in [0.2, 0.25) is 0 Å². The fourth-order valence-corrected chi connectivity index (χ4v) is 3.31. The highest BCUT2D eigenvalue weighted by molar-refractivity contribution is 9.10. The van der Waals surface area contributed by atoms with E-state index in [0.717, 1.165) is 22.3 Å². The van der Waals surface area contributed by atoms with E-state index in [4.69, 9.17) is 10.5 Å². The quantitative estimate of drug-likeness (QED) is 0.892. The number of anilines is 1. The van der Waals surface area contributed by atoms with Crippen LogP contribution >= 0.6 is 15.9 Å². The summed E-state index contributed by atoms with van der Waals surface area (Å²) >= 11 is 3.51. The van der Waals surface area contributed by atoms with Crippen molar-refractivity contribution in [3.63, 3.8) is 0 Å². The first-order valence-electron chi connectivity index (χ1n) is 6.63. The number of nitrogens with one attached hydrogen (secondary N) is 1. The van der Waals surface area contributed by atoms with Gasteiger partial charge in [-0.15, -0.1) is 0 Å². The molecule has 1 aliphatic carbocycles. The van der Waals surface area contributed by atoms with Crippen molar-refractivity contribution in [2.24, 2.45) is 5.73 Å². The molecule has 2 atom stereocenters. The third-order valence-electron chi connectivity index (χ3n) is 3.75. The highest BCUT2D eigenvalue weighted by Gasteiger charge is 2.28. The van der Waals surface area contributed by atoms with Crippen LogP contribution in [-0.4, -0.2) is 7.11 Å². The Hall–Kier alpha value is -1.52. The lowest BCUT2D eigenvalue weighted by molar-refractivity contribution is 0.412. The van der Waals surface area contributed by atoms with E-state index in [1.165, 1.54) is 11.1 Å². The standard InChI is InChI=1S/C16H17BrN2O/c1-20-16-7-6-10(8-13(16)17)19-15-9-14(18)11-4-2-3-5-12(11)15/h2-8,14-15,19H,9,18H2,1H3. The van der Waals surface area contributed by atoms with Crippen LogP contribution in [0.1, 0.15) is 29.6 Å². The van der Waals surface area contributed by atoms with E-state index < -0.39 is 0 Å². The van der Waals surface area contributed by atoms with Gasteiger partial charge in [0.25, 0.3) is 0 Å². The molecule has 2 unspecified atom stereocenters. The molecular weight excluding hydrogens is 316 g/mol. The predicted molar refractivity (Wildman–Crippen MR) is 85.0 cm³/mol. The minimum absolute atomic E-state index is 0.116. The van der Waals surface area contributed by atoms with Gasteiger partial charge in [0, 0.05) is 11.7 Å². The molecule has 20 heavy (non-hydrogen) atoms. The van der Waals surface area contributed by atoms with Gasteiger partial charge in [0.1, 0.15) is 5.75 Å². The summed E-state index contributed by atoms with van der Waals surface area (Å²) in [5.41, 5.74) is 9.80. The molecule has 0 heterocycles. The molecule has 4 heteroatoms. The fraction of sp³-hybridized carbons (Fsp3) is 0.250. The van der Waals surface area contributed by atoms with Gasteiger partial charge < -0.3 is 15.8 Å². The van der Waals surface area contributed by atoms with Crippen LogP contribution in [0, 0.1) is 0 Å². The molecule has 2 aromatic carbocycles.